The lowest BCUT2D eigenvalue weighted by Gasteiger charge is -2.32. The molecule has 2 fully saturated rings. The molecule has 1 saturated carbocycles. The number of likely N-dealkylation sites (tertiary alicyclic amines) is 1. The number of aliphatic hydroxyl groups is 1. The third-order valence-electron chi connectivity index (χ3n) is 5.14. The quantitative estimate of drug-likeness (QED) is 0.878. The highest BCUT2D eigenvalue weighted by Gasteiger charge is 2.31. The van der Waals surface area contributed by atoms with E-state index in [1.807, 2.05) is 18.2 Å². The Morgan fingerprint density at radius 2 is 2.00 bits per heavy atom. The zero-order valence-electron chi connectivity index (χ0n) is 13.1. The molecule has 2 atom stereocenters. The van der Waals surface area contributed by atoms with Crippen LogP contribution in [-0.2, 0) is 0 Å². The summed E-state index contributed by atoms with van der Waals surface area (Å²) < 4.78 is 0. The van der Waals surface area contributed by atoms with Crippen LogP contribution < -0.4 is 5.32 Å². The van der Waals surface area contributed by atoms with Gasteiger partial charge in [-0.1, -0.05) is 49.6 Å². The third kappa shape index (κ3) is 3.43. The first-order chi connectivity index (χ1) is 10.8. The van der Waals surface area contributed by atoms with Gasteiger partial charge in [0.15, 0.2) is 0 Å². The predicted molar refractivity (Wildman–Crippen MR) is 86.5 cm³/mol. The van der Waals surface area contributed by atoms with Crippen molar-refractivity contribution in [2.24, 2.45) is 5.92 Å². The summed E-state index contributed by atoms with van der Waals surface area (Å²) in [6.07, 6.45) is 6.79. The van der Waals surface area contributed by atoms with Gasteiger partial charge in [-0.3, -0.25) is 0 Å². The molecule has 120 valence electrons. The summed E-state index contributed by atoms with van der Waals surface area (Å²) in [6.45, 7) is 0.814. The Bertz CT molecular complexity index is 487. The van der Waals surface area contributed by atoms with E-state index in [1.54, 1.807) is 4.90 Å². The highest BCUT2D eigenvalue weighted by atomic mass is 16.3. The lowest BCUT2D eigenvalue weighted by Crippen LogP contribution is -2.45. The van der Waals surface area contributed by atoms with E-state index in [9.17, 15) is 9.90 Å². The van der Waals surface area contributed by atoms with Crippen LogP contribution in [0.2, 0.25) is 0 Å². The van der Waals surface area contributed by atoms with Crippen molar-refractivity contribution in [3.8, 4) is 0 Å². The van der Waals surface area contributed by atoms with Crippen LogP contribution in [0.4, 0.5) is 4.79 Å². The summed E-state index contributed by atoms with van der Waals surface area (Å²) in [5.41, 5.74) is 1.18. The minimum Gasteiger partial charge on any atom is -0.394 e. The standard InChI is InChI=1S/C18H26N2O2/c21-13-16-10-5-11-20(16)18(22)19-17(12-14-6-4-7-14)15-8-2-1-3-9-15/h1-3,8-9,14,16-17,21H,4-7,10-13H2,(H,19,22)/t16-,17?/m1/s1. The number of nitrogens with zero attached hydrogens (tertiary/aromatic N) is 1. The fourth-order valence-corrected chi connectivity index (χ4v) is 3.55. The Morgan fingerprint density at radius 3 is 2.64 bits per heavy atom. The second-order valence-corrected chi connectivity index (χ2v) is 6.62. The molecule has 22 heavy (non-hydrogen) atoms. The second-order valence-electron chi connectivity index (χ2n) is 6.62. The van der Waals surface area contributed by atoms with E-state index < -0.39 is 0 Å². The van der Waals surface area contributed by atoms with Crippen molar-refractivity contribution in [1.82, 2.24) is 10.2 Å². The summed E-state index contributed by atoms with van der Waals surface area (Å²) in [7, 11) is 0. The van der Waals surface area contributed by atoms with E-state index in [-0.39, 0.29) is 24.7 Å². The number of hydrogen-bond acceptors (Lipinski definition) is 2. The first-order valence-electron chi connectivity index (χ1n) is 8.51. The van der Waals surface area contributed by atoms with E-state index in [0.29, 0.717) is 0 Å². The summed E-state index contributed by atoms with van der Waals surface area (Å²) in [6, 6.07) is 10.3. The number of rotatable bonds is 5. The van der Waals surface area contributed by atoms with Crippen LogP contribution in [0, 0.1) is 5.92 Å². The maximum absolute atomic E-state index is 12.6. The monoisotopic (exact) mass is 302 g/mol. The molecule has 0 bridgehead atoms. The van der Waals surface area contributed by atoms with Gasteiger partial charge in [0.1, 0.15) is 0 Å². The molecule has 2 amide bonds. The minimum atomic E-state index is -0.0234. The molecule has 1 aromatic rings. The van der Waals surface area contributed by atoms with E-state index >= 15 is 0 Å². The predicted octanol–water partition coefficient (Wildman–Crippen LogP) is 3.08. The number of carbonyl (C=O) groups excluding carboxylic acids is 1. The molecule has 1 heterocycles. The van der Waals surface area contributed by atoms with E-state index in [1.165, 1.54) is 24.8 Å². The maximum Gasteiger partial charge on any atom is 0.318 e. The van der Waals surface area contributed by atoms with Crippen molar-refractivity contribution in [3.63, 3.8) is 0 Å². The van der Waals surface area contributed by atoms with Crippen molar-refractivity contribution in [2.75, 3.05) is 13.2 Å². The lowest BCUT2D eigenvalue weighted by molar-refractivity contribution is 0.151. The summed E-state index contributed by atoms with van der Waals surface area (Å²) >= 11 is 0. The molecule has 1 aliphatic heterocycles. The van der Waals surface area contributed by atoms with Gasteiger partial charge in [-0.15, -0.1) is 0 Å². The molecule has 2 N–H and O–H groups in total. The van der Waals surface area contributed by atoms with Gasteiger partial charge in [0.2, 0.25) is 0 Å². The number of hydrogen-bond donors (Lipinski definition) is 2. The molecule has 1 aliphatic carbocycles. The van der Waals surface area contributed by atoms with Crippen LogP contribution in [0.1, 0.15) is 50.1 Å². The Morgan fingerprint density at radius 1 is 1.23 bits per heavy atom. The highest BCUT2D eigenvalue weighted by Crippen LogP contribution is 2.35. The van der Waals surface area contributed by atoms with Gasteiger partial charge in [-0.05, 0) is 30.7 Å². The van der Waals surface area contributed by atoms with Crippen molar-refractivity contribution in [2.45, 2.75) is 50.6 Å². The summed E-state index contributed by atoms with van der Waals surface area (Å²) in [4.78, 5) is 14.4. The highest BCUT2D eigenvalue weighted by molar-refractivity contribution is 5.75. The molecule has 0 radical (unpaired) electrons. The van der Waals surface area contributed by atoms with Crippen LogP contribution in [-0.4, -0.2) is 35.2 Å². The Balaban J connectivity index is 1.67. The molecular weight excluding hydrogens is 276 g/mol. The zero-order valence-corrected chi connectivity index (χ0v) is 13.1. The van der Waals surface area contributed by atoms with Gasteiger partial charge in [0.25, 0.3) is 0 Å². The van der Waals surface area contributed by atoms with Crippen LogP contribution in [0.5, 0.6) is 0 Å². The van der Waals surface area contributed by atoms with Gasteiger partial charge >= 0.3 is 6.03 Å². The van der Waals surface area contributed by atoms with E-state index in [0.717, 1.165) is 31.7 Å². The normalized spacial score (nSPS) is 23.1. The van der Waals surface area contributed by atoms with Gasteiger partial charge < -0.3 is 15.3 Å². The molecule has 4 nitrogen and oxygen atoms in total. The molecule has 0 aromatic heterocycles. The number of aliphatic hydroxyl groups excluding tert-OH is 1. The van der Waals surface area contributed by atoms with Gasteiger partial charge in [0.05, 0.1) is 18.7 Å². The summed E-state index contributed by atoms with van der Waals surface area (Å²) in [5.74, 6) is 0.734. The number of urea groups is 1. The van der Waals surface area contributed by atoms with Crippen LogP contribution >= 0.6 is 0 Å². The number of benzene rings is 1. The average Bonchev–Trinajstić information content (AvgIpc) is 2.99. The van der Waals surface area contributed by atoms with Crippen LogP contribution in [0.3, 0.4) is 0 Å². The molecule has 2 aliphatic rings. The molecule has 1 aromatic carbocycles. The molecular formula is C18H26N2O2. The molecule has 0 spiro atoms. The molecule has 4 heteroatoms. The Kier molecular flexibility index (Phi) is 4.98. The zero-order chi connectivity index (χ0) is 15.4. The largest absolute Gasteiger partial charge is 0.394 e. The smallest absolute Gasteiger partial charge is 0.318 e. The summed E-state index contributed by atoms with van der Waals surface area (Å²) in [5, 5.41) is 12.6. The number of carbonyl (C=O) groups is 1. The van der Waals surface area contributed by atoms with Crippen LogP contribution in [0.15, 0.2) is 30.3 Å². The third-order valence-corrected chi connectivity index (χ3v) is 5.14. The number of amides is 2. The van der Waals surface area contributed by atoms with Crippen molar-refractivity contribution in [1.29, 1.82) is 0 Å². The molecule has 3 rings (SSSR count). The first kappa shape index (κ1) is 15.3. The molecule has 1 unspecified atom stereocenters. The van der Waals surface area contributed by atoms with Crippen LogP contribution in [0.25, 0.3) is 0 Å². The fourth-order valence-electron chi connectivity index (χ4n) is 3.55. The number of nitrogens with one attached hydrogen (secondary N) is 1. The minimum absolute atomic E-state index is 0.0138. The van der Waals surface area contributed by atoms with Crippen molar-refractivity contribution < 1.29 is 9.90 Å². The van der Waals surface area contributed by atoms with Crippen molar-refractivity contribution in [3.05, 3.63) is 35.9 Å². The van der Waals surface area contributed by atoms with Gasteiger partial charge in [-0.25, -0.2) is 4.79 Å². The second kappa shape index (κ2) is 7.14. The molecule has 1 saturated heterocycles. The lowest BCUT2D eigenvalue weighted by atomic mass is 9.79. The van der Waals surface area contributed by atoms with Gasteiger partial charge in [0, 0.05) is 6.54 Å². The van der Waals surface area contributed by atoms with E-state index in [4.69, 9.17) is 0 Å². The van der Waals surface area contributed by atoms with Gasteiger partial charge in [-0.2, -0.15) is 0 Å². The SMILES string of the molecule is O=C(NC(CC1CCC1)c1ccccc1)N1CCC[C@@H]1CO. The Hall–Kier alpha value is -1.55. The fraction of sp³-hybridized carbons (Fsp3) is 0.611. The Labute approximate surface area is 132 Å². The van der Waals surface area contributed by atoms with Crippen molar-refractivity contribution >= 4 is 6.03 Å². The first-order valence-corrected chi connectivity index (χ1v) is 8.51. The van der Waals surface area contributed by atoms with E-state index in [2.05, 4.69) is 17.4 Å². The maximum atomic E-state index is 12.6. The average molecular weight is 302 g/mol. The topological polar surface area (TPSA) is 52.6 Å².